The summed E-state index contributed by atoms with van der Waals surface area (Å²) >= 11 is 1.73. The number of nitrogens with zero attached hydrogens (tertiary/aromatic N) is 1. The van der Waals surface area contributed by atoms with Crippen molar-refractivity contribution in [3.8, 4) is 0 Å². The summed E-state index contributed by atoms with van der Waals surface area (Å²) in [5.41, 5.74) is 0.369. The van der Waals surface area contributed by atoms with Crippen LogP contribution in [0.3, 0.4) is 0 Å². The summed E-state index contributed by atoms with van der Waals surface area (Å²) in [5, 5.41) is 3.30. The third-order valence-corrected chi connectivity index (χ3v) is 7.36. The van der Waals surface area contributed by atoms with Crippen molar-refractivity contribution in [3.63, 3.8) is 0 Å². The maximum absolute atomic E-state index is 12.7. The first-order chi connectivity index (χ1) is 10.1. The molecule has 0 aromatic heterocycles. The second kappa shape index (κ2) is 5.91. The van der Waals surface area contributed by atoms with Crippen LogP contribution in [0.4, 0.5) is 0 Å². The number of thioether (sulfide) groups is 1. The lowest BCUT2D eigenvalue weighted by molar-refractivity contribution is 0.0871. The van der Waals surface area contributed by atoms with Gasteiger partial charge in [-0.3, -0.25) is 0 Å². The topological polar surface area (TPSA) is 49.4 Å². The maximum atomic E-state index is 12.7. The number of hydrogen-bond donors (Lipinski definition) is 1. The molecule has 21 heavy (non-hydrogen) atoms. The van der Waals surface area contributed by atoms with E-state index >= 15 is 0 Å². The highest BCUT2D eigenvalue weighted by molar-refractivity contribution is 7.99. The molecule has 0 unspecified atom stereocenters. The van der Waals surface area contributed by atoms with E-state index in [1.807, 2.05) is 12.1 Å². The van der Waals surface area contributed by atoms with E-state index < -0.39 is 10.0 Å². The molecule has 6 heteroatoms. The van der Waals surface area contributed by atoms with Crippen LogP contribution in [0.5, 0.6) is 0 Å². The molecule has 0 aliphatic carbocycles. The van der Waals surface area contributed by atoms with Crippen LogP contribution in [0, 0.1) is 5.41 Å². The number of sulfonamides is 1. The molecule has 2 fully saturated rings. The van der Waals surface area contributed by atoms with Gasteiger partial charge >= 0.3 is 0 Å². The molecular weight excluding hydrogens is 304 g/mol. The van der Waals surface area contributed by atoms with Gasteiger partial charge in [-0.25, -0.2) is 8.42 Å². The molecule has 4 nitrogen and oxygen atoms in total. The smallest absolute Gasteiger partial charge is 0.243 e. The van der Waals surface area contributed by atoms with E-state index in [1.165, 1.54) is 0 Å². The van der Waals surface area contributed by atoms with Gasteiger partial charge < -0.3 is 5.32 Å². The molecule has 0 amide bonds. The van der Waals surface area contributed by atoms with Crippen molar-refractivity contribution >= 4 is 21.8 Å². The molecule has 0 atom stereocenters. The van der Waals surface area contributed by atoms with Gasteiger partial charge in [0, 0.05) is 31.1 Å². The Labute approximate surface area is 131 Å². The minimum absolute atomic E-state index is 0.369. The van der Waals surface area contributed by atoms with E-state index in [0.717, 1.165) is 36.6 Å². The van der Waals surface area contributed by atoms with Crippen molar-refractivity contribution in [2.45, 2.75) is 29.6 Å². The van der Waals surface area contributed by atoms with Gasteiger partial charge in [0.05, 0.1) is 4.90 Å². The van der Waals surface area contributed by atoms with Crippen LogP contribution in [0.2, 0.25) is 0 Å². The molecule has 2 heterocycles. The average Bonchev–Trinajstić information content (AvgIpc) is 2.47. The first-order valence-electron chi connectivity index (χ1n) is 7.50. The van der Waals surface area contributed by atoms with Gasteiger partial charge in [-0.1, -0.05) is 6.92 Å². The van der Waals surface area contributed by atoms with Crippen LogP contribution in [-0.2, 0) is 10.0 Å². The SMILES string of the molecule is CCSc1ccc(S(=O)(=O)N2CCC3(CC2)CNC3)cc1. The van der Waals surface area contributed by atoms with Gasteiger partial charge in [0.25, 0.3) is 0 Å². The van der Waals surface area contributed by atoms with E-state index in [9.17, 15) is 8.42 Å². The lowest BCUT2D eigenvalue weighted by atomic mass is 9.74. The summed E-state index contributed by atoms with van der Waals surface area (Å²) in [4.78, 5) is 1.54. The maximum Gasteiger partial charge on any atom is 0.243 e. The monoisotopic (exact) mass is 326 g/mol. The highest BCUT2D eigenvalue weighted by atomic mass is 32.2. The highest BCUT2D eigenvalue weighted by Gasteiger charge is 2.42. The van der Waals surface area contributed by atoms with Gasteiger partial charge in [-0.05, 0) is 48.3 Å². The third kappa shape index (κ3) is 2.99. The minimum Gasteiger partial charge on any atom is -0.316 e. The van der Waals surface area contributed by atoms with E-state index in [2.05, 4.69) is 12.2 Å². The molecule has 1 aromatic carbocycles. The molecule has 2 aliphatic rings. The van der Waals surface area contributed by atoms with Crippen LogP contribution < -0.4 is 5.32 Å². The van der Waals surface area contributed by atoms with E-state index in [-0.39, 0.29) is 0 Å². The van der Waals surface area contributed by atoms with Crippen molar-refractivity contribution < 1.29 is 8.42 Å². The summed E-state index contributed by atoms with van der Waals surface area (Å²) in [5.74, 6) is 0.994. The Morgan fingerprint density at radius 3 is 2.29 bits per heavy atom. The van der Waals surface area contributed by atoms with Crippen LogP contribution in [0.1, 0.15) is 19.8 Å². The zero-order valence-electron chi connectivity index (χ0n) is 12.3. The van der Waals surface area contributed by atoms with Gasteiger partial charge in [0.2, 0.25) is 10.0 Å². The predicted octanol–water partition coefficient (Wildman–Crippen LogP) is 2.17. The Morgan fingerprint density at radius 1 is 1.19 bits per heavy atom. The van der Waals surface area contributed by atoms with Gasteiger partial charge in [-0.15, -0.1) is 11.8 Å². The van der Waals surface area contributed by atoms with Gasteiger partial charge in [-0.2, -0.15) is 4.31 Å². The summed E-state index contributed by atoms with van der Waals surface area (Å²) in [6, 6.07) is 7.29. The second-order valence-electron chi connectivity index (χ2n) is 5.91. The highest BCUT2D eigenvalue weighted by Crippen LogP contribution is 2.36. The predicted molar refractivity (Wildman–Crippen MR) is 86.1 cm³/mol. The van der Waals surface area contributed by atoms with Crippen LogP contribution >= 0.6 is 11.8 Å². The fraction of sp³-hybridized carbons (Fsp3) is 0.600. The molecule has 1 spiro atoms. The van der Waals surface area contributed by atoms with Crippen molar-refractivity contribution in [3.05, 3.63) is 24.3 Å². The Hall–Kier alpha value is -0.560. The molecule has 0 bridgehead atoms. The molecule has 0 radical (unpaired) electrons. The average molecular weight is 326 g/mol. The normalized spacial score (nSPS) is 22.1. The van der Waals surface area contributed by atoms with Crippen LogP contribution in [-0.4, -0.2) is 44.7 Å². The standard InChI is InChI=1S/C15H22N2O2S2/c1-2-20-13-3-5-14(6-4-13)21(18,19)17-9-7-15(8-10-17)11-16-12-15/h3-6,16H,2,7-12H2,1H3. The van der Waals surface area contributed by atoms with Crippen molar-refractivity contribution in [2.24, 2.45) is 5.41 Å². The Balaban J connectivity index is 1.71. The quantitative estimate of drug-likeness (QED) is 0.862. The molecule has 1 aromatic rings. The summed E-state index contributed by atoms with van der Waals surface area (Å²) in [6.07, 6.45) is 1.95. The van der Waals surface area contributed by atoms with Gasteiger partial charge in [0.15, 0.2) is 0 Å². The number of rotatable bonds is 4. The van der Waals surface area contributed by atoms with Gasteiger partial charge in [0.1, 0.15) is 0 Å². The molecule has 2 aliphatic heterocycles. The van der Waals surface area contributed by atoms with E-state index in [4.69, 9.17) is 0 Å². The Morgan fingerprint density at radius 2 is 1.81 bits per heavy atom. The first kappa shape index (κ1) is 15.3. The fourth-order valence-electron chi connectivity index (χ4n) is 3.06. The van der Waals surface area contributed by atoms with Crippen molar-refractivity contribution in [1.82, 2.24) is 9.62 Å². The number of nitrogens with one attached hydrogen (secondary N) is 1. The molecule has 0 saturated carbocycles. The van der Waals surface area contributed by atoms with E-state index in [1.54, 1.807) is 28.2 Å². The molecule has 1 N–H and O–H groups in total. The minimum atomic E-state index is -3.32. The van der Waals surface area contributed by atoms with E-state index in [0.29, 0.717) is 23.4 Å². The molecular formula is C15H22N2O2S2. The zero-order valence-corrected chi connectivity index (χ0v) is 14.0. The van der Waals surface area contributed by atoms with Crippen LogP contribution in [0.15, 0.2) is 34.1 Å². The zero-order chi connectivity index (χ0) is 14.9. The van der Waals surface area contributed by atoms with Crippen molar-refractivity contribution in [1.29, 1.82) is 0 Å². The Kier molecular flexibility index (Phi) is 4.32. The Bertz CT molecular complexity index is 585. The number of benzene rings is 1. The number of hydrogen-bond acceptors (Lipinski definition) is 4. The summed E-state index contributed by atoms with van der Waals surface area (Å²) < 4.78 is 27.0. The number of piperidine rings is 1. The lowest BCUT2D eigenvalue weighted by Crippen LogP contribution is -2.58. The summed E-state index contributed by atoms with van der Waals surface area (Å²) in [7, 11) is -3.32. The summed E-state index contributed by atoms with van der Waals surface area (Å²) in [6.45, 7) is 5.48. The fourth-order valence-corrected chi connectivity index (χ4v) is 5.16. The lowest BCUT2D eigenvalue weighted by Gasteiger charge is -2.47. The molecule has 2 saturated heterocycles. The second-order valence-corrected chi connectivity index (χ2v) is 9.19. The first-order valence-corrected chi connectivity index (χ1v) is 9.92. The van der Waals surface area contributed by atoms with Crippen molar-refractivity contribution in [2.75, 3.05) is 31.9 Å². The third-order valence-electron chi connectivity index (χ3n) is 4.56. The molecule has 3 rings (SSSR count). The largest absolute Gasteiger partial charge is 0.316 e. The molecule has 116 valence electrons. The van der Waals surface area contributed by atoms with Crippen LogP contribution in [0.25, 0.3) is 0 Å².